The second-order valence-electron chi connectivity index (χ2n) is 9.48. The Balaban J connectivity index is 1.50. The van der Waals surface area contributed by atoms with Crippen LogP contribution in [0.5, 0.6) is 0 Å². The van der Waals surface area contributed by atoms with Crippen LogP contribution in [0.1, 0.15) is 43.7 Å². The minimum absolute atomic E-state index is 0.167. The van der Waals surface area contributed by atoms with Crippen molar-refractivity contribution in [2.24, 2.45) is 0 Å². The highest BCUT2D eigenvalue weighted by atomic mass is 19.4. The molecule has 11 heteroatoms. The first kappa shape index (κ1) is 24.3. The summed E-state index contributed by atoms with van der Waals surface area (Å²) < 4.78 is 49.0. The molecule has 36 heavy (non-hydrogen) atoms. The van der Waals surface area contributed by atoms with E-state index < -0.39 is 17.8 Å². The number of anilines is 2. The first-order chi connectivity index (χ1) is 17.3. The molecular weight excluding hydrogens is 473 g/mol. The molecule has 2 N–H and O–H groups in total. The number of alkyl halides is 3. The molecule has 0 aliphatic carbocycles. The van der Waals surface area contributed by atoms with Crippen LogP contribution in [0.15, 0.2) is 41.3 Å². The molecule has 5 rings (SSSR count). The fourth-order valence-corrected chi connectivity index (χ4v) is 5.38. The van der Waals surface area contributed by atoms with E-state index >= 15 is 0 Å². The van der Waals surface area contributed by atoms with Gasteiger partial charge in [0.1, 0.15) is 11.4 Å². The third-order valence-corrected chi connectivity index (χ3v) is 7.07. The van der Waals surface area contributed by atoms with Crippen LogP contribution in [-0.2, 0) is 10.3 Å². The van der Waals surface area contributed by atoms with Gasteiger partial charge in [-0.15, -0.1) is 0 Å². The zero-order valence-electron chi connectivity index (χ0n) is 19.6. The molecule has 2 aromatic heterocycles. The van der Waals surface area contributed by atoms with Crippen LogP contribution in [0.2, 0.25) is 0 Å². The minimum Gasteiger partial charge on any atom is -0.379 e. The number of benzene rings is 1. The molecule has 4 heterocycles. The molecule has 2 atom stereocenters. The fraction of sp³-hybridized carbons (Fsp3) is 0.480. The van der Waals surface area contributed by atoms with Gasteiger partial charge in [-0.05, 0) is 62.5 Å². The van der Waals surface area contributed by atoms with Crippen molar-refractivity contribution in [2.45, 2.75) is 49.9 Å². The van der Waals surface area contributed by atoms with Crippen molar-refractivity contribution >= 4 is 22.4 Å². The molecule has 0 saturated carbocycles. The lowest BCUT2D eigenvalue weighted by Crippen LogP contribution is -2.42. The van der Waals surface area contributed by atoms with Crippen molar-refractivity contribution in [2.75, 3.05) is 31.6 Å². The van der Waals surface area contributed by atoms with E-state index in [1.165, 1.54) is 23.2 Å². The molecule has 0 spiro atoms. The van der Waals surface area contributed by atoms with Gasteiger partial charge in [0.15, 0.2) is 5.82 Å². The van der Waals surface area contributed by atoms with Crippen LogP contribution in [0.4, 0.5) is 24.7 Å². The number of likely N-dealkylation sites (tertiary alicyclic amines) is 1. The van der Waals surface area contributed by atoms with Crippen molar-refractivity contribution in [3.8, 4) is 6.07 Å². The number of nitrogens with one attached hydrogen (secondary N) is 2. The Labute approximate surface area is 205 Å². The van der Waals surface area contributed by atoms with Crippen LogP contribution in [0.3, 0.4) is 0 Å². The Bertz CT molecular complexity index is 1310. The summed E-state index contributed by atoms with van der Waals surface area (Å²) in [5.41, 5.74) is 0.177. The van der Waals surface area contributed by atoms with Crippen LogP contribution in [0, 0.1) is 11.3 Å². The molecule has 2 aliphatic heterocycles. The first-order valence-electron chi connectivity index (χ1n) is 12.1. The second-order valence-corrected chi connectivity index (χ2v) is 9.48. The molecule has 0 radical (unpaired) electrons. The first-order valence-corrected chi connectivity index (χ1v) is 12.1. The zero-order chi connectivity index (χ0) is 25.3. The third kappa shape index (κ3) is 4.47. The number of nitrogens with zero attached hydrogens (tertiary/aromatic N) is 4. The average Bonchev–Trinajstić information content (AvgIpc) is 3.50. The van der Waals surface area contributed by atoms with Gasteiger partial charge in [-0.25, -0.2) is 0 Å². The number of nitriles is 1. The summed E-state index contributed by atoms with van der Waals surface area (Å²) >= 11 is 0. The Morgan fingerprint density at radius 3 is 2.58 bits per heavy atom. The maximum Gasteiger partial charge on any atom is 0.408 e. The number of H-pyrrole nitrogens is 1. The van der Waals surface area contributed by atoms with E-state index in [9.17, 15) is 23.2 Å². The van der Waals surface area contributed by atoms with Crippen molar-refractivity contribution in [1.82, 2.24) is 19.7 Å². The highest BCUT2D eigenvalue weighted by Crippen LogP contribution is 2.40. The molecular formula is C25H27F3N6O2. The van der Waals surface area contributed by atoms with E-state index in [1.807, 2.05) is 0 Å². The van der Waals surface area contributed by atoms with Gasteiger partial charge in [-0.3, -0.25) is 14.4 Å². The van der Waals surface area contributed by atoms with Crippen LogP contribution >= 0.6 is 0 Å². The average molecular weight is 501 g/mol. The normalized spacial score (nSPS) is 21.9. The summed E-state index contributed by atoms with van der Waals surface area (Å²) in [7, 11) is 0. The smallest absolute Gasteiger partial charge is 0.379 e. The molecule has 8 nitrogen and oxygen atoms in total. The van der Waals surface area contributed by atoms with Gasteiger partial charge < -0.3 is 15.0 Å². The number of fused-ring (bicyclic) bond motifs is 1. The van der Waals surface area contributed by atoms with E-state index in [1.54, 1.807) is 22.9 Å². The SMILES string of the molecule is N#CCC1(n2nc(Nc3ccc(C(N4CCCC4)C(F)(F)F)cc3)c3c(=O)[nH]ccc32)CCCOC1. The van der Waals surface area contributed by atoms with E-state index in [0.717, 1.165) is 19.3 Å². The van der Waals surface area contributed by atoms with E-state index in [4.69, 9.17) is 4.74 Å². The minimum atomic E-state index is -4.38. The molecule has 190 valence electrons. The summed E-state index contributed by atoms with van der Waals surface area (Å²) in [6.07, 6.45) is 0.269. The highest BCUT2D eigenvalue weighted by Gasteiger charge is 2.45. The largest absolute Gasteiger partial charge is 0.408 e. The summed E-state index contributed by atoms with van der Waals surface area (Å²) in [5.74, 6) is 0.273. The van der Waals surface area contributed by atoms with Crippen LogP contribution in [0.25, 0.3) is 10.9 Å². The van der Waals surface area contributed by atoms with Crippen LogP contribution in [-0.4, -0.2) is 52.1 Å². The number of ether oxygens (including phenoxy) is 1. The van der Waals surface area contributed by atoms with Crippen molar-refractivity contribution in [1.29, 1.82) is 5.26 Å². The third-order valence-electron chi connectivity index (χ3n) is 7.07. The summed E-state index contributed by atoms with van der Waals surface area (Å²) in [6, 6.07) is 8.39. The molecule has 2 fully saturated rings. The molecule has 2 saturated heterocycles. The highest BCUT2D eigenvalue weighted by molar-refractivity contribution is 5.91. The Hall–Kier alpha value is -3.36. The van der Waals surface area contributed by atoms with Crippen molar-refractivity contribution < 1.29 is 17.9 Å². The van der Waals surface area contributed by atoms with E-state index in [0.29, 0.717) is 49.3 Å². The van der Waals surface area contributed by atoms with E-state index in [-0.39, 0.29) is 23.4 Å². The molecule has 0 amide bonds. The predicted octanol–water partition coefficient (Wildman–Crippen LogP) is 4.59. The standard InChI is InChI=1S/C25H27F3N6O2/c26-25(27,28)21(33-13-1-2-14-33)17-4-6-18(7-5-17)31-22-20-19(8-12-30-23(20)35)34(32-22)24(10-11-29)9-3-15-36-16-24/h4-8,12,21H,1-3,9-10,13-16H2,(H,30,35)(H,31,32). The number of halogens is 3. The summed E-state index contributed by atoms with van der Waals surface area (Å²) in [5, 5.41) is 17.6. The molecule has 3 aromatic rings. The van der Waals surface area contributed by atoms with Crippen molar-refractivity contribution in [3.05, 3.63) is 52.4 Å². The van der Waals surface area contributed by atoms with E-state index in [2.05, 4.69) is 21.5 Å². The predicted molar refractivity (Wildman–Crippen MR) is 128 cm³/mol. The summed E-state index contributed by atoms with van der Waals surface area (Å²) in [6.45, 7) is 1.74. The van der Waals surface area contributed by atoms with Gasteiger partial charge in [0.2, 0.25) is 0 Å². The maximum absolute atomic E-state index is 13.9. The summed E-state index contributed by atoms with van der Waals surface area (Å²) in [4.78, 5) is 16.9. The van der Waals surface area contributed by atoms with Crippen molar-refractivity contribution in [3.63, 3.8) is 0 Å². The molecule has 2 unspecified atom stereocenters. The Kier molecular flexibility index (Phi) is 6.49. The number of aromatic amines is 1. The van der Waals surface area contributed by atoms with Gasteiger partial charge in [-0.1, -0.05) is 12.1 Å². The lowest BCUT2D eigenvalue weighted by molar-refractivity contribution is -0.183. The topological polar surface area (TPSA) is 99.0 Å². The van der Waals surface area contributed by atoms with Gasteiger partial charge in [0, 0.05) is 18.5 Å². The van der Waals surface area contributed by atoms with Crippen LogP contribution < -0.4 is 10.9 Å². The lowest BCUT2D eigenvalue weighted by atomic mass is 9.89. The van der Waals surface area contributed by atoms with Gasteiger partial charge in [0.05, 0.1) is 30.2 Å². The second kappa shape index (κ2) is 9.59. The monoisotopic (exact) mass is 500 g/mol. The molecule has 1 aromatic carbocycles. The van der Waals surface area contributed by atoms with Gasteiger partial charge in [-0.2, -0.15) is 23.5 Å². The fourth-order valence-electron chi connectivity index (χ4n) is 5.38. The lowest BCUT2D eigenvalue weighted by Gasteiger charge is -2.35. The van der Waals surface area contributed by atoms with Gasteiger partial charge in [0.25, 0.3) is 5.56 Å². The zero-order valence-corrected chi connectivity index (χ0v) is 19.6. The van der Waals surface area contributed by atoms with Gasteiger partial charge >= 0.3 is 6.18 Å². The number of pyridine rings is 1. The number of aromatic nitrogens is 3. The maximum atomic E-state index is 13.9. The molecule has 0 bridgehead atoms. The number of rotatable bonds is 6. The number of hydrogen-bond acceptors (Lipinski definition) is 6. The quantitative estimate of drug-likeness (QED) is 0.514. The Morgan fingerprint density at radius 2 is 1.94 bits per heavy atom. The number of hydrogen-bond donors (Lipinski definition) is 2. The Morgan fingerprint density at radius 1 is 1.19 bits per heavy atom. The molecule has 2 aliphatic rings.